The molecule has 0 bridgehead atoms. The minimum atomic E-state index is -0.606. The molecule has 0 radical (unpaired) electrons. The molecule has 0 spiro atoms. The summed E-state index contributed by atoms with van der Waals surface area (Å²) in [7, 11) is 1.34. The van der Waals surface area contributed by atoms with Gasteiger partial charge in [-0.05, 0) is 35.9 Å². The fourth-order valence-electron chi connectivity index (χ4n) is 3.27. The normalized spacial score (nSPS) is 15.9. The molecular formula is C20H19Cl2FN2O3. The average molecular weight is 425 g/mol. The standard InChI is InChI=1S/C20H19Cl2FN2O3/c1-28-20(27)18(13-2-4-14(21)5-3-13)24-8-10-25(11-9-24)19(26)16-12-15(22)6-7-17(16)23/h2-7,12,18H,8-11H2,1H3. The van der Waals surface area contributed by atoms with Crippen molar-refractivity contribution in [2.75, 3.05) is 33.3 Å². The van der Waals surface area contributed by atoms with Crippen LogP contribution in [-0.2, 0) is 9.53 Å². The Labute approximate surface area is 172 Å². The number of nitrogens with zero attached hydrogens (tertiary/aromatic N) is 2. The van der Waals surface area contributed by atoms with Crippen molar-refractivity contribution in [1.29, 1.82) is 0 Å². The van der Waals surface area contributed by atoms with Crippen LogP contribution in [0.3, 0.4) is 0 Å². The van der Waals surface area contributed by atoms with Crippen molar-refractivity contribution in [2.45, 2.75) is 6.04 Å². The molecule has 1 atom stereocenters. The summed E-state index contributed by atoms with van der Waals surface area (Å²) in [5, 5.41) is 0.878. The van der Waals surface area contributed by atoms with Gasteiger partial charge in [-0.15, -0.1) is 0 Å². The Bertz CT molecular complexity index is 868. The largest absolute Gasteiger partial charge is 0.468 e. The lowest BCUT2D eigenvalue weighted by Crippen LogP contribution is -2.51. The molecule has 1 fully saturated rings. The number of carbonyl (C=O) groups is 2. The molecule has 28 heavy (non-hydrogen) atoms. The second kappa shape index (κ2) is 8.90. The highest BCUT2D eigenvalue weighted by atomic mass is 35.5. The Morgan fingerprint density at radius 2 is 1.61 bits per heavy atom. The van der Waals surface area contributed by atoms with E-state index in [2.05, 4.69) is 0 Å². The predicted molar refractivity (Wildman–Crippen MR) is 105 cm³/mol. The molecule has 2 aromatic rings. The Morgan fingerprint density at radius 3 is 2.21 bits per heavy atom. The van der Waals surface area contributed by atoms with Crippen LogP contribution in [0.25, 0.3) is 0 Å². The molecule has 1 saturated heterocycles. The molecular weight excluding hydrogens is 406 g/mol. The van der Waals surface area contributed by atoms with Gasteiger partial charge in [-0.1, -0.05) is 35.3 Å². The summed E-state index contributed by atoms with van der Waals surface area (Å²) in [6.07, 6.45) is 0. The molecule has 1 unspecified atom stereocenters. The van der Waals surface area contributed by atoms with Gasteiger partial charge in [0.25, 0.3) is 5.91 Å². The lowest BCUT2D eigenvalue weighted by atomic mass is 10.0. The minimum absolute atomic E-state index is 0.0526. The highest BCUT2D eigenvalue weighted by Gasteiger charge is 2.33. The summed E-state index contributed by atoms with van der Waals surface area (Å²) in [5.74, 6) is -1.41. The van der Waals surface area contributed by atoms with Crippen LogP contribution >= 0.6 is 23.2 Å². The maximum absolute atomic E-state index is 14.0. The first kappa shape index (κ1) is 20.6. The zero-order valence-corrected chi connectivity index (χ0v) is 16.7. The molecule has 8 heteroatoms. The van der Waals surface area contributed by atoms with Crippen molar-refractivity contribution >= 4 is 35.1 Å². The molecule has 0 N–H and O–H groups in total. The summed E-state index contributed by atoms with van der Waals surface area (Å²) < 4.78 is 19.0. The van der Waals surface area contributed by atoms with Crippen LogP contribution in [0.5, 0.6) is 0 Å². The maximum atomic E-state index is 14.0. The molecule has 2 aromatic carbocycles. The lowest BCUT2D eigenvalue weighted by molar-refractivity contribution is -0.148. The number of carbonyl (C=O) groups excluding carboxylic acids is 2. The summed E-state index contributed by atoms with van der Waals surface area (Å²) in [5.41, 5.74) is 0.708. The van der Waals surface area contributed by atoms with Crippen LogP contribution in [0.15, 0.2) is 42.5 Å². The SMILES string of the molecule is COC(=O)C(c1ccc(Cl)cc1)N1CCN(C(=O)c2cc(Cl)ccc2F)CC1. The van der Waals surface area contributed by atoms with E-state index in [-0.39, 0.29) is 11.5 Å². The van der Waals surface area contributed by atoms with Crippen LogP contribution in [0.4, 0.5) is 4.39 Å². The fourth-order valence-corrected chi connectivity index (χ4v) is 3.57. The Kier molecular flexibility index (Phi) is 6.54. The number of hydrogen-bond acceptors (Lipinski definition) is 4. The van der Waals surface area contributed by atoms with Crippen LogP contribution in [0.1, 0.15) is 22.0 Å². The van der Waals surface area contributed by atoms with E-state index in [1.165, 1.54) is 25.3 Å². The topological polar surface area (TPSA) is 49.9 Å². The smallest absolute Gasteiger partial charge is 0.327 e. The van der Waals surface area contributed by atoms with Gasteiger partial charge < -0.3 is 9.64 Å². The predicted octanol–water partition coefficient (Wildman–Crippen LogP) is 3.80. The molecule has 1 aliphatic rings. The third-order valence-electron chi connectivity index (χ3n) is 4.74. The monoisotopic (exact) mass is 424 g/mol. The van der Waals surface area contributed by atoms with Crippen LogP contribution in [0, 0.1) is 5.82 Å². The van der Waals surface area contributed by atoms with Gasteiger partial charge in [0.2, 0.25) is 0 Å². The highest BCUT2D eigenvalue weighted by molar-refractivity contribution is 6.31. The maximum Gasteiger partial charge on any atom is 0.327 e. The van der Waals surface area contributed by atoms with E-state index >= 15 is 0 Å². The highest BCUT2D eigenvalue weighted by Crippen LogP contribution is 2.26. The van der Waals surface area contributed by atoms with Gasteiger partial charge in [-0.3, -0.25) is 9.69 Å². The number of halogens is 3. The molecule has 0 aliphatic carbocycles. The van der Waals surface area contributed by atoms with Gasteiger partial charge in [0.1, 0.15) is 11.9 Å². The van der Waals surface area contributed by atoms with E-state index in [0.717, 1.165) is 5.56 Å². The number of hydrogen-bond donors (Lipinski definition) is 0. The Hall–Kier alpha value is -2.15. The molecule has 3 rings (SSSR count). The van der Waals surface area contributed by atoms with Crippen molar-refractivity contribution in [1.82, 2.24) is 9.80 Å². The summed E-state index contributed by atoms with van der Waals surface area (Å²) in [6.45, 7) is 1.59. The number of amides is 1. The quantitative estimate of drug-likeness (QED) is 0.700. The molecule has 5 nitrogen and oxygen atoms in total. The lowest BCUT2D eigenvalue weighted by Gasteiger charge is -2.38. The second-order valence-electron chi connectivity index (χ2n) is 6.43. The van der Waals surface area contributed by atoms with Crippen LogP contribution in [0.2, 0.25) is 10.0 Å². The number of benzene rings is 2. The third kappa shape index (κ3) is 4.46. The van der Waals surface area contributed by atoms with Gasteiger partial charge in [-0.2, -0.15) is 0 Å². The van der Waals surface area contributed by atoms with Gasteiger partial charge in [0.15, 0.2) is 0 Å². The van der Waals surface area contributed by atoms with Gasteiger partial charge in [0, 0.05) is 36.2 Å². The number of methoxy groups -OCH3 is 1. The molecule has 0 aromatic heterocycles. The second-order valence-corrected chi connectivity index (χ2v) is 7.30. The molecule has 0 saturated carbocycles. The number of ether oxygens (including phenoxy) is 1. The van der Waals surface area contributed by atoms with E-state index in [0.29, 0.717) is 36.2 Å². The first-order valence-electron chi connectivity index (χ1n) is 8.72. The summed E-state index contributed by atoms with van der Waals surface area (Å²) in [6, 6.07) is 10.3. The molecule has 148 valence electrons. The van der Waals surface area contributed by atoms with E-state index in [1.807, 2.05) is 4.90 Å². The zero-order valence-electron chi connectivity index (χ0n) is 15.2. The first-order chi connectivity index (χ1) is 13.4. The van der Waals surface area contributed by atoms with Crippen molar-refractivity contribution in [3.05, 3.63) is 69.5 Å². The Balaban J connectivity index is 1.73. The molecule has 1 heterocycles. The number of rotatable bonds is 4. The van der Waals surface area contributed by atoms with Crippen molar-refractivity contribution < 1.29 is 18.7 Å². The van der Waals surface area contributed by atoms with Crippen LogP contribution < -0.4 is 0 Å². The van der Waals surface area contributed by atoms with Gasteiger partial charge >= 0.3 is 5.97 Å². The van der Waals surface area contributed by atoms with Crippen molar-refractivity contribution in [3.8, 4) is 0 Å². The number of piperazine rings is 1. The first-order valence-corrected chi connectivity index (χ1v) is 9.48. The fraction of sp³-hybridized carbons (Fsp3) is 0.300. The summed E-state index contributed by atoms with van der Waals surface area (Å²) >= 11 is 11.8. The van der Waals surface area contributed by atoms with E-state index in [4.69, 9.17) is 27.9 Å². The summed E-state index contributed by atoms with van der Waals surface area (Å²) in [4.78, 5) is 28.5. The van der Waals surface area contributed by atoms with Crippen molar-refractivity contribution in [2.24, 2.45) is 0 Å². The number of esters is 1. The molecule has 1 amide bonds. The van der Waals surface area contributed by atoms with Crippen molar-refractivity contribution in [3.63, 3.8) is 0 Å². The van der Waals surface area contributed by atoms with Gasteiger partial charge in [-0.25, -0.2) is 9.18 Å². The Morgan fingerprint density at radius 1 is 1.00 bits per heavy atom. The molecule has 1 aliphatic heterocycles. The van der Waals surface area contributed by atoms with Crippen LogP contribution in [-0.4, -0.2) is 55.0 Å². The van der Waals surface area contributed by atoms with E-state index in [9.17, 15) is 14.0 Å². The average Bonchev–Trinajstić information content (AvgIpc) is 2.71. The third-order valence-corrected chi connectivity index (χ3v) is 5.22. The van der Waals surface area contributed by atoms with Gasteiger partial charge in [0.05, 0.1) is 12.7 Å². The van der Waals surface area contributed by atoms with E-state index in [1.54, 1.807) is 29.2 Å². The zero-order chi connectivity index (χ0) is 20.3. The minimum Gasteiger partial charge on any atom is -0.468 e. The van der Waals surface area contributed by atoms with E-state index < -0.39 is 17.8 Å².